The Labute approximate surface area is 142 Å². The van der Waals surface area contributed by atoms with Crippen LogP contribution in [0.25, 0.3) is 0 Å². The molecule has 0 aromatic carbocycles. The van der Waals surface area contributed by atoms with Gasteiger partial charge < -0.3 is 9.47 Å². The summed E-state index contributed by atoms with van der Waals surface area (Å²) in [6.07, 6.45) is 2.94. The van der Waals surface area contributed by atoms with Crippen LogP contribution >= 0.6 is 0 Å². The lowest BCUT2D eigenvalue weighted by Gasteiger charge is -2.34. The van der Waals surface area contributed by atoms with Gasteiger partial charge >= 0.3 is 11.9 Å². The van der Waals surface area contributed by atoms with E-state index in [2.05, 4.69) is 13.5 Å². The number of carbonyl (C=O) groups excluding carboxylic acids is 3. The molecule has 0 aromatic rings. The highest BCUT2D eigenvalue weighted by molar-refractivity contribution is 6.00. The summed E-state index contributed by atoms with van der Waals surface area (Å²) in [4.78, 5) is 36.9. The molecule has 130 valence electrons. The normalized spacial score (nSPS) is 38.1. The molecule has 24 heavy (non-hydrogen) atoms. The molecule has 0 spiro atoms. The van der Waals surface area contributed by atoms with E-state index >= 15 is 0 Å². The van der Waals surface area contributed by atoms with Crippen LogP contribution < -0.4 is 0 Å². The monoisotopic (exact) mass is 332 g/mol. The van der Waals surface area contributed by atoms with Crippen molar-refractivity contribution >= 4 is 17.7 Å². The Bertz CT molecular complexity index is 646. The fraction of sp³-hybridized carbons (Fsp3) is 0.632. The molecule has 0 amide bonds. The van der Waals surface area contributed by atoms with E-state index in [1.54, 1.807) is 6.08 Å². The van der Waals surface area contributed by atoms with Crippen LogP contribution in [0.15, 0.2) is 23.8 Å². The third kappa shape index (κ3) is 2.33. The standard InChI is InChI=1S/C19H24O5/c1-5-6-15(20)23-14-9-13-10(2)7-8-12-11(3)18(22)24-17(12)19(13,4)16(14)21/h9-10,12,14,17H,3,5-8H2,1-2,4H3/t10-,12-,14+,17+,19-/m0/s1. The minimum atomic E-state index is -0.938. The first kappa shape index (κ1) is 16.9. The van der Waals surface area contributed by atoms with Crippen molar-refractivity contribution in [2.24, 2.45) is 17.3 Å². The first-order valence-electron chi connectivity index (χ1n) is 8.66. The Morgan fingerprint density at radius 1 is 1.42 bits per heavy atom. The molecule has 0 bridgehead atoms. The summed E-state index contributed by atoms with van der Waals surface area (Å²) in [7, 11) is 0. The fourth-order valence-electron chi connectivity index (χ4n) is 4.36. The minimum Gasteiger partial charge on any atom is -0.457 e. The van der Waals surface area contributed by atoms with Crippen LogP contribution in [0.2, 0.25) is 0 Å². The average Bonchev–Trinajstić information content (AvgIpc) is 2.92. The van der Waals surface area contributed by atoms with Crippen LogP contribution in [0.4, 0.5) is 0 Å². The van der Waals surface area contributed by atoms with Gasteiger partial charge in [0.25, 0.3) is 0 Å². The number of ether oxygens (including phenoxy) is 2. The molecular formula is C19H24O5. The van der Waals surface area contributed by atoms with Gasteiger partial charge in [-0.05, 0) is 38.2 Å². The largest absolute Gasteiger partial charge is 0.457 e. The summed E-state index contributed by atoms with van der Waals surface area (Å²) in [6.45, 7) is 9.63. The molecule has 3 rings (SSSR count). The average molecular weight is 332 g/mol. The van der Waals surface area contributed by atoms with E-state index in [9.17, 15) is 14.4 Å². The van der Waals surface area contributed by atoms with Crippen LogP contribution in [0, 0.1) is 17.3 Å². The van der Waals surface area contributed by atoms with Gasteiger partial charge in [-0.25, -0.2) is 4.79 Å². The second kappa shape index (κ2) is 5.87. The maximum absolute atomic E-state index is 13.1. The van der Waals surface area contributed by atoms with Crippen molar-refractivity contribution in [3.05, 3.63) is 23.8 Å². The quantitative estimate of drug-likeness (QED) is 0.451. The van der Waals surface area contributed by atoms with E-state index in [0.717, 1.165) is 18.4 Å². The van der Waals surface area contributed by atoms with Crippen molar-refractivity contribution in [2.75, 3.05) is 0 Å². The van der Waals surface area contributed by atoms with Gasteiger partial charge in [0.05, 0.1) is 5.41 Å². The number of rotatable bonds is 3. The van der Waals surface area contributed by atoms with E-state index in [0.29, 0.717) is 12.0 Å². The van der Waals surface area contributed by atoms with Gasteiger partial charge in [-0.1, -0.05) is 26.0 Å². The summed E-state index contributed by atoms with van der Waals surface area (Å²) >= 11 is 0. The molecule has 1 saturated carbocycles. The summed E-state index contributed by atoms with van der Waals surface area (Å²) < 4.78 is 10.9. The van der Waals surface area contributed by atoms with Gasteiger partial charge in [-0.3, -0.25) is 9.59 Å². The van der Waals surface area contributed by atoms with E-state index in [-0.39, 0.29) is 30.0 Å². The number of hydrogen-bond acceptors (Lipinski definition) is 5. The van der Waals surface area contributed by atoms with Crippen LogP contribution in [-0.2, 0) is 23.9 Å². The van der Waals surface area contributed by atoms with Crippen molar-refractivity contribution in [3.8, 4) is 0 Å². The molecule has 1 heterocycles. The van der Waals surface area contributed by atoms with E-state index in [1.807, 2.05) is 13.8 Å². The molecule has 0 N–H and O–H groups in total. The minimum absolute atomic E-state index is 0.148. The lowest BCUT2D eigenvalue weighted by atomic mass is 9.71. The predicted molar refractivity (Wildman–Crippen MR) is 86.9 cm³/mol. The molecule has 1 saturated heterocycles. The third-order valence-corrected chi connectivity index (χ3v) is 5.73. The van der Waals surface area contributed by atoms with E-state index in [1.165, 1.54) is 0 Å². The van der Waals surface area contributed by atoms with E-state index < -0.39 is 23.6 Å². The first-order valence-corrected chi connectivity index (χ1v) is 8.66. The smallest absolute Gasteiger partial charge is 0.334 e. The highest BCUT2D eigenvalue weighted by atomic mass is 16.6. The Morgan fingerprint density at radius 3 is 2.79 bits per heavy atom. The van der Waals surface area contributed by atoms with Crippen LogP contribution in [0.5, 0.6) is 0 Å². The molecule has 0 radical (unpaired) electrons. The Morgan fingerprint density at radius 2 is 2.12 bits per heavy atom. The zero-order valence-electron chi connectivity index (χ0n) is 14.5. The number of carbonyl (C=O) groups is 3. The second-order valence-electron chi connectivity index (χ2n) is 7.29. The number of Topliss-reactive ketones (excluding diaryl/α,β-unsaturated/α-hetero) is 1. The molecule has 0 aromatic heterocycles. The number of ketones is 1. The van der Waals surface area contributed by atoms with Crippen LogP contribution in [0.3, 0.4) is 0 Å². The van der Waals surface area contributed by atoms with Crippen molar-refractivity contribution < 1.29 is 23.9 Å². The van der Waals surface area contributed by atoms with Gasteiger partial charge in [0.15, 0.2) is 11.9 Å². The maximum Gasteiger partial charge on any atom is 0.334 e. The Hall–Kier alpha value is -1.91. The zero-order valence-corrected chi connectivity index (χ0v) is 14.5. The highest BCUT2D eigenvalue weighted by Gasteiger charge is 2.61. The second-order valence-corrected chi connectivity index (χ2v) is 7.29. The summed E-state index contributed by atoms with van der Waals surface area (Å²) in [6, 6.07) is 0. The molecule has 0 unspecified atom stereocenters. The highest BCUT2D eigenvalue weighted by Crippen LogP contribution is 2.54. The third-order valence-electron chi connectivity index (χ3n) is 5.73. The van der Waals surface area contributed by atoms with Crippen molar-refractivity contribution in [2.45, 2.75) is 58.7 Å². The van der Waals surface area contributed by atoms with Crippen molar-refractivity contribution in [3.63, 3.8) is 0 Å². The lowest BCUT2D eigenvalue weighted by molar-refractivity contribution is -0.158. The van der Waals surface area contributed by atoms with E-state index in [4.69, 9.17) is 9.47 Å². The zero-order chi connectivity index (χ0) is 17.6. The molecule has 1 aliphatic heterocycles. The topological polar surface area (TPSA) is 69.7 Å². The van der Waals surface area contributed by atoms with Crippen LogP contribution in [0.1, 0.15) is 46.5 Å². The van der Waals surface area contributed by atoms with Gasteiger partial charge in [0.2, 0.25) is 0 Å². The molecule has 3 aliphatic rings. The predicted octanol–water partition coefficient (Wildman–Crippen LogP) is 2.74. The number of esters is 2. The summed E-state index contributed by atoms with van der Waals surface area (Å²) in [5.74, 6) is -0.951. The SMILES string of the molecule is C=C1C(=O)O[C@@H]2[C@H]1CC[C@H](C)C1=C[C@@H](OC(=O)CCC)C(=O)[C@]12C. The van der Waals surface area contributed by atoms with Gasteiger partial charge in [0, 0.05) is 17.9 Å². The van der Waals surface area contributed by atoms with Crippen LogP contribution in [-0.4, -0.2) is 29.9 Å². The fourth-order valence-corrected chi connectivity index (χ4v) is 4.36. The maximum atomic E-state index is 13.1. The molecule has 5 atom stereocenters. The summed E-state index contributed by atoms with van der Waals surface area (Å²) in [5, 5.41) is 0. The van der Waals surface area contributed by atoms with Gasteiger partial charge in [-0.15, -0.1) is 0 Å². The molecular weight excluding hydrogens is 308 g/mol. The van der Waals surface area contributed by atoms with Crippen molar-refractivity contribution in [1.82, 2.24) is 0 Å². The van der Waals surface area contributed by atoms with Crippen molar-refractivity contribution in [1.29, 1.82) is 0 Å². The Balaban J connectivity index is 1.96. The summed E-state index contributed by atoms with van der Waals surface area (Å²) in [5.41, 5.74) is 0.443. The lowest BCUT2D eigenvalue weighted by Crippen LogP contribution is -2.45. The van der Waals surface area contributed by atoms with Gasteiger partial charge in [-0.2, -0.15) is 0 Å². The first-order chi connectivity index (χ1) is 11.3. The molecule has 5 nitrogen and oxygen atoms in total. The van der Waals surface area contributed by atoms with Gasteiger partial charge in [0.1, 0.15) is 6.10 Å². The molecule has 2 aliphatic carbocycles. The number of hydrogen-bond donors (Lipinski definition) is 0. The molecule has 5 heteroatoms. The number of fused-ring (bicyclic) bond motifs is 3. The Kier molecular flexibility index (Phi) is 4.14. The molecule has 2 fully saturated rings.